The Labute approximate surface area is 155 Å². The lowest BCUT2D eigenvalue weighted by Gasteiger charge is -2.28. The van der Waals surface area contributed by atoms with E-state index in [1.54, 1.807) is 0 Å². The van der Waals surface area contributed by atoms with Crippen molar-refractivity contribution in [2.24, 2.45) is 0 Å². The molecule has 0 aromatic heterocycles. The van der Waals surface area contributed by atoms with Crippen LogP contribution in [0, 0.1) is 0 Å². The zero-order chi connectivity index (χ0) is 17.5. The number of Topliss-reactive ketones (excluding diaryl/α,β-unsaturated/α-hetero) is 1. The Balaban J connectivity index is 2.38. The summed E-state index contributed by atoms with van der Waals surface area (Å²) >= 11 is 4.24. The second-order valence-electron chi connectivity index (χ2n) is 5.80. The van der Waals surface area contributed by atoms with Gasteiger partial charge in [-0.25, -0.2) is 0 Å². The molecule has 0 saturated carbocycles. The number of thiol groups is 1. The van der Waals surface area contributed by atoms with Gasteiger partial charge >= 0.3 is 0 Å². The predicted molar refractivity (Wildman–Crippen MR) is 115 cm³/mol. The summed E-state index contributed by atoms with van der Waals surface area (Å²) in [5, 5.41) is 3.58. The topological polar surface area (TPSA) is 17.1 Å². The third-order valence-electron chi connectivity index (χ3n) is 4.19. The van der Waals surface area contributed by atoms with Gasteiger partial charge in [-0.2, -0.15) is 12.6 Å². The summed E-state index contributed by atoms with van der Waals surface area (Å²) in [6, 6.07) is 31.2. The second kappa shape index (κ2) is 8.38. The van der Waals surface area contributed by atoms with Crippen LogP contribution in [-0.4, -0.2) is 17.3 Å². The molecule has 0 bridgehead atoms. The molecule has 126 valence electrons. The second-order valence-corrected chi connectivity index (χ2v) is 9.50. The van der Waals surface area contributed by atoms with Gasteiger partial charge in [0.25, 0.3) is 0 Å². The molecule has 0 N–H and O–H groups in total. The quantitative estimate of drug-likeness (QED) is 0.522. The van der Waals surface area contributed by atoms with Crippen molar-refractivity contribution in [2.75, 3.05) is 5.75 Å². The fourth-order valence-corrected chi connectivity index (χ4v) is 7.10. The summed E-state index contributed by atoms with van der Waals surface area (Å²) in [6.45, 7) is -2.15. The third kappa shape index (κ3) is 3.81. The van der Waals surface area contributed by atoms with E-state index in [9.17, 15) is 4.79 Å². The van der Waals surface area contributed by atoms with Crippen LogP contribution in [-0.2, 0) is 4.79 Å². The number of carbonyl (C=O) groups is 1. The van der Waals surface area contributed by atoms with E-state index in [0.29, 0.717) is 12.2 Å². The van der Waals surface area contributed by atoms with Crippen molar-refractivity contribution in [3.8, 4) is 0 Å². The first-order valence-corrected chi connectivity index (χ1v) is 10.8. The van der Waals surface area contributed by atoms with E-state index in [0.717, 1.165) is 0 Å². The number of benzene rings is 3. The largest absolute Gasteiger partial charge is 0.295 e. The first kappa shape index (κ1) is 17.8. The molecule has 0 aliphatic carbocycles. The molecule has 25 heavy (non-hydrogen) atoms. The van der Waals surface area contributed by atoms with Crippen LogP contribution in [0.15, 0.2) is 91.0 Å². The predicted octanol–water partition coefficient (Wildman–Crippen LogP) is 3.67. The van der Waals surface area contributed by atoms with Gasteiger partial charge in [0, 0.05) is 6.42 Å². The normalized spacial score (nSPS) is 11.1. The Morgan fingerprint density at radius 3 is 1.40 bits per heavy atom. The highest BCUT2D eigenvalue weighted by molar-refractivity contribution is 7.95. The van der Waals surface area contributed by atoms with Crippen LogP contribution >= 0.6 is 19.5 Å². The molecule has 3 heteroatoms. The summed E-state index contributed by atoms with van der Waals surface area (Å²) in [5.74, 6) is 2.69. The van der Waals surface area contributed by atoms with Crippen molar-refractivity contribution in [3.63, 3.8) is 0 Å². The highest BCUT2D eigenvalue weighted by atomic mass is 32.1. The van der Waals surface area contributed by atoms with Crippen LogP contribution in [0.1, 0.15) is 6.42 Å². The van der Waals surface area contributed by atoms with Gasteiger partial charge in [-0.15, -0.1) is 0 Å². The molecule has 0 atom stereocenters. The van der Waals surface area contributed by atoms with E-state index in [1.807, 2.05) is 60.4 Å². The van der Waals surface area contributed by atoms with E-state index < -0.39 is 6.89 Å². The van der Waals surface area contributed by atoms with Gasteiger partial charge in [-0.1, -0.05) is 91.0 Å². The third-order valence-corrected chi connectivity index (χ3v) is 8.42. The van der Waals surface area contributed by atoms with Crippen LogP contribution in [0.5, 0.6) is 0 Å². The molecule has 0 radical (unpaired) electrons. The SMILES string of the molecule is O=C(C=P(c1ccccc1)(c1ccccc1)c1ccccc1)CCS. The maximum absolute atomic E-state index is 12.7. The van der Waals surface area contributed by atoms with Crippen molar-refractivity contribution in [3.05, 3.63) is 91.0 Å². The molecule has 3 rings (SSSR count). The minimum Gasteiger partial charge on any atom is -0.295 e. The fraction of sp³-hybridized carbons (Fsp3) is 0.0909. The zero-order valence-corrected chi connectivity index (χ0v) is 15.7. The first-order chi connectivity index (χ1) is 12.3. The monoisotopic (exact) mass is 364 g/mol. The number of rotatable bonds is 6. The summed E-state index contributed by atoms with van der Waals surface area (Å²) in [6.07, 6.45) is 0.456. The molecule has 3 aromatic carbocycles. The van der Waals surface area contributed by atoms with Gasteiger partial charge in [0.05, 0.1) is 0 Å². The molecule has 0 unspecified atom stereocenters. The average molecular weight is 364 g/mol. The van der Waals surface area contributed by atoms with Crippen molar-refractivity contribution in [2.45, 2.75) is 6.42 Å². The Hall–Kier alpha value is -2.02. The van der Waals surface area contributed by atoms with E-state index in [4.69, 9.17) is 0 Å². The number of ketones is 1. The average Bonchev–Trinajstić information content (AvgIpc) is 2.68. The molecule has 0 fully saturated rings. The Morgan fingerprint density at radius 1 is 0.720 bits per heavy atom. The van der Waals surface area contributed by atoms with E-state index >= 15 is 0 Å². The standard InChI is InChI=1S/C22H21OPS/c23-19(16-17-25)18-24(20-10-4-1-5-11-20,21-12-6-2-7-13-21)22-14-8-3-9-15-22/h1-15,18,25H,16-17H2. The smallest absolute Gasteiger partial charge is 0.157 e. The number of hydrogen-bond acceptors (Lipinski definition) is 2. The summed E-state index contributed by atoms with van der Waals surface area (Å²) in [5.41, 5.74) is 0. The zero-order valence-electron chi connectivity index (χ0n) is 14.0. The summed E-state index contributed by atoms with van der Waals surface area (Å²) in [7, 11) is 0. The Bertz CT molecular complexity index is 770. The molecule has 1 nitrogen and oxygen atoms in total. The highest BCUT2D eigenvalue weighted by Crippen LogP contribution is 2.43. The van der Waals surface area contributed by atoms with Gasteiger partial charge < -0.3 is 0 Å². The lowest BCUT2D eigenvalue weighted by atomic mass is 10.3. The van der Waals surface area contributed by atoms with E-state index in [2.05, 4.69) is 49.0 Å². The molecular formula is C22H21OPS. The van der Waals surface area contributed by atoms with Crippen molar-refractivity contribution < 1.29 is 4.79 Å². The molecular weight excluding hydrogens is 343 g/mol. The summed E-state index contributed by atoms with van der Waals surface area (Å²) in [4.78, 5) is 12.7. The lowest BCUT2D eigenvalue weighted by Crippen LogP contribution is -2.28. The van der Waals surface area contributed by atoms with Crippen LogP contribution in [0.3, 0.4) is 0 Å². The highest BCUT2D eigenvalue weighted by Gasteiger charge is 2.25. The summed E-state index contributed by atoms with van der Waals surface area (Å²) < 4.78 is 0. The van der Waals surface area contributed by atoms with E-state index in [-0.39, 0.29) is 5.78 Å². The maximum Gasteiger partial charge on any atom is 0.157 e. The Kier molecular flexibility index (Phi) is 5.96. The van der Waals surface area contributed by atoms with Gasteiger partial charge in [-0.3, -0.25) is 4.79 Å². The molecule has 0 heterocycles. The maximum atomic E-state index is 12.7. The molecule has 0 saturated heterocycles. The molecule has 3 aromatic rings. The van der Waals surface area contributed by atoms with Crippen LogP contribution in [0.4, 0.5) is 0 Å². The van der Waals surface area contributed by atoms with Crippen molar-refractivity contribution in [1.29, 1.82) is 0 Å². The fourth-order valence-electron chi connectivity index (χ4n) is 3.05. The number of hydrogen-bond donors (Lipinski definition) is 1. The van der Waals surface area contributed by atoms with Gasteiger partial charge in [0.2, 0.25) is 0 Å². The van der Waals surface area contributed by atoms with Crippen LogP contribution < -0.4 is 15.9 Å². The minimum atomic E-state index is -2.15. The van der Waals surface area contributed by atoms with E-state index in [1.165, 1.54) is 15.9 Å². The van der Waals surface area contributed by atoms with Crippen LogP contribution in [0.25, 0.3) is 0 Å². The Morgan fingerprint density at radius 2 is 1.08 bits per heavy atom. The van der Waals surface area contributed by atoms with Crippen LogP contribution in [0.2, 0.25) is 0 Å². The minimum absolute atomic E-state index is 0.153. The number of carbonyl (C=O) groups excluding carboxylic acids is 1. The first-order valence-electron chi connectivity index (χ1n) is 8.32. The molecule has 0 amide bonds. The lowest BCUT2D eigenvalue weighted by molar-refractivity contribution is -0.112. The molecule has 0 spiro atoms. The van der Waals surface area contributed by atoms with Gasteiger partial charge in [0.15, 0.2) is 5.78 Å². The van der Waals surface area contributed by atoms with Crippen molar-refractivity contribution in [1.82, 2.24) is 0 Å². The van der Waals surface area contributed by atoms with Gasteiger partial charge in [0.1, 0.15) is 0 Å². The van der Waals surface area contributed by atoms with Gasteiger partial charge in [-0.05, 0) is 34.3 Å². The molecule has 0 aliphatic heterocycles. The molecule has 0 aliphatic rings. The van der Waals surface area contributed by atoms with Crippen molar-refractivity contribution >= 4 is 47.0 Å².